The van der Waals surface area contributed by atoms with Gasteiger partial charge in [-0.15, -0.1) is 45.3 Å². The number of ketones is 2. The molecule has 8 heterocycles. The number of aromatic nitrogens is 4. The van der Waals surface area contributed by atoms with E-state index in [2.05, 4.69) is 155 Å². The van der Waals surface area contributed by atoms with Crippen LogP contribution in [0, 0.1) is 54.8 Å². The summed E-state index contributed by atoms with van der Waals surface area (Å²) in [4.78, 5) is 55.1. The molecule has 5 aliphatic rings. The lowest BCUT2D eigenvalue weighted by Crippen LogP contribution is -2.31. The van der Waals surface area contributed by atoms with Crippen molar-refractivity contribution in [1.82, 2.24) is 19.9 Å². The summed E-state index contributed by atoms with van der Waals surface area (Å²) in [6.07, 6.45) is 10.2. The normalized spacial score (nSPS) is 17.5. The quantitative estimate of drug-likeness (QED) is 0.107. The van der Waals surface area contributed by atoms with Crippen LogP contribution in [0.5, 0.6) is 0 Å². The zero-order chi connectivity index (χ0) is 69.6. The summed E-state index contributed by atoms with van der Waals surface area (Å²) < 4.78 is 6.31. The maximum absolute atomic E-state index is 13.9. The van der Waals surface area contributed by atoms with Gasteiger partial charge >= 0.3 is 0 Å². The van der Waals surface area contributed by atoms with E-state index in [4.69, 9.17) is 19.9 Å². The molecule has 0 saturated heterocycles. The van der Waals surface area contributed by atoms with Gasteiger partial charge in [0.2, 0.25) is 0 Å². The van der Waals surface area contributed by atoms with Crippen LogP contribution >= 0.6 is 90.7 Å². The Balaban J connectivity index is 0.754. The van der Waals surface area contributed by atoms with E-state index in [0.717, 1.165) is 62.9 Å². The van der Waals surface area contributed by atoms with Gasteiger partial charge in [-0.2, -0.15) is 15.8 Å². The van der Waals surface area contributed by atoms with Crippen molar-refractivity contribution < 1.29 is 9.59 Å². The fourth-order valence-electron chi connectivity index (χ4n) is 16.4. The van der Waals surface area contributed by atoms with Crippen molar-refractivity contribution in [1.29, 1.82) is 15.8 Å². The standard InChI is InChI=1S/C86H49N7O2S8/c1-41-14-23-48(24-15-41)85(49-25-16-42(2)17-26-49)61-34-58-62(33-57(61)74-70(85)56-31-22-46(32-63(56)96-74)79-92-83-81(102-79)90-67(99-83)36-60-69(47(39-88)40-89)53-11-7-9-13-55(53)73(60)95)86(50-27-18-43(3)19-28-50,51-29-20-44(4)21-30-51)71-75(58)101-78-76-64(97-77(71)78)37-65(98-76)80-93-84-82(103-80)91-66(100-84)35-59-68(45(5)38-87)52-10-6-8-12-54(52)72(59)94/h6-20,22-29,31-37H,21,30H2,1-5H3/b59-35-,60-36-,68-45+. The predicted octanol–water partition coefficient (Wildman–Crippen LogP) is 23.8. The van der Waals surface area contributed by atoms with Crippen molar-refractivity contribution in [3.63, 3.8) is 0 Å². The number of Topliss-reactive ketones (excluding diaryl/α,β-unsaturated/α-hetero) is 2. The monoisotopic (exact) mass is 1470 g/mol. The van der Waals surface area contributed by atoms with Crippen LogP contribution in [0.2, 0.25) is 0 Å². The van der Waals surface area contributed by atoms with E-state index in [-0.39, 0.29) is 22.7 Å². The maximum Gasteiger partial charge on any atom is 0.194 e. The third-order valence-corrected chi connectivity index (χ3v) is 30.4. The zero-order valence-corrected chi connectivity index (χ0v) is 62.0. The van der Waals surface area contributed by atoms with Gasteiger partial charge in [0.1, 0.15) is 37.7 Å². The highest BCUT2D eigenvalue weighted by Crippen LogP contribution is 2.69. The molecule has 1 atom stereocenters. The number of thiazole rings is 4. The molecule has 8 aromatic heterocycles. The molecule has 0 spiro atoms. The molecule has 9 nitrogen and oxygen atoms in total. The fourth-order valence-corrected chi connectivity index (χ4v) is 26.1. The number of thiophene rings is 4. The Labute approximate surface area is 622 Å². The van der Waals surface area contributed by atoms with Crippen LogP contribution in [0.1, 0.15) is 124 Å². The minimum atomic E-state index is -0.730. The van der Waals surface area contributed by atoms with E-state index in [1.54, 1.807) is 42.5 Å². The van der Waals surface area contributed by atoms with Crippen LogP contribution in [0.25, 0.3) is 113 Å². The van der Waals surface area contributed by atoms with E-state index in [9.17, 15) is 25.4 Å². The minimum absolute atomic E-state index is 0.0974. The Morgan fingerprint density at radius 3 is 1.56 bits per heavy atom. The number of aryl methyl sites for hydroxylation is 3. The van der Waals surface area contributed by atoms with Gasteiger partial charge in [-0.25, -0.2) is 19.9 Å². The van der Waals surface area contributed by atoms with Crippen LogP contribution < -0.4 is 0 Å². The third kappa shape index (κ3) is 8.91. The van der Waals surface area contributed by atoms with Crippen LogP contribution in [0.4, 0.5) is 0 Å². The third-order valence-electron chi connectivity index (χ3n) is 21.1. The molecule has 488 valence electrons. The Morgan fingerprint density at radius 1 is 0.456 bits per heavy atom. The minimum Gasteiger partial charge on any atom is -0.289 e. The van der Waals surface area contributed by atoms with Gasteiger partial charge in [0.25, 0.3) is 0 Å². The summed E-state index contributed by atoms with van der Waals surface area (Å²) in [5.74, 6) is -0.336. The Kier molecular flexibility index (Phi) is 13.9. The van der Waals surface area contributed by atoms with Gasteiger partial charge in [-0.3, -0.25) is 9.59 Å². The van der Waals surface area contributed by atoms with E-state index in [1.165, 1.54) is 146 Å². The number of benzene rings is 7. The first kappa shape index (κ1) is 62.2. The molecular formula is C86H49N7O2S8. The number of nitrogens with zero attached hydrogens (tertiary/aromatic N) is 7. The van der Waals surface area contributed by atoms with Crippen molar-refractivity contribution in [3.05, 3.63) is 291 Å². The molecule has 5 aliphatic carbocycles. The van der Waals surface area contributed by atoms with Gasteiger partial charge in [-0.05, 0) is 145 Å². The van der Waals surface area contributed by atoms with Gasteiger partial charge in [0.15, 0.2) is 30.9 Å². The molecule has 103 heavy (non-hydrogen) atoms. The molecule has 0 radical (unpaired) electrons. The van der Waals surface area contributed by atoms with Crippen molar-refractivity contribution in [2.24, 2.45) is 0 Å². The number of rotatable bonds is 8. The molecule has 0 aliphatic heterocycles. The zero-order valence-electron chi connectivity index (χ0n) is 55.4. The molecule has 0 saturated carbocycles. The van der Waals surface area contributed by atoms with Gasteiger partial charge in [-0.1, -0.05) is 219 Å². The van der Waals surface area contributed by atoms with Crippen LogP contribution in [-0.4, -0.2) is 31.5 Å². The molecule has 0 N–H and O–H groups in total. The van der Waals surface area contributed by atoms with E-state index < -0.39 is 10.8 Å². The van der Waals surface area contributed by atoms with Crippen molar-refractivity contribution in [2.75, 3.05) is 0 Å². The second-order valence-electron chi connectivity index (χ2n) is 26.9. The molecular weight excluding hydrogens is 1420 g/mol. The summed E-state index contributed by atoms with van der Waals surface area (Å²) in [6.45, 7) is 10.6. The van der Waals surface area contributed by atoms with Crippen molar-refractivity contribution in [3.8, 4) is 59.5 Å². The first-order valence-corrected chi connectivity index (χ1v) is 40.0. The molecule has 15 aromatic rings. The Morgan fingerprint density at radius 2 is 0.990 bits per heavy atom. The average molecular weight is 1470 g/mol. The number of fused-ring (bicyclic) bond motifs is 16. The lowest BCUT2D eigenvalue weighted by Gasteiger charge is -2.38. The summed E-state index contributed by atoms with van der Waals surface area (Å²) in [6, 6.07) is 63.4. The predicted molar refractivity (Wildman–Crippen MR) is 427 cm³/mol. The SMILES string of the molecule is CC1=CC=C(C2(c3ccc(C)cc3)c3cc4c(cc3-c3sc5c(sc6cc(-c7nc8sc(/C=C9\C(=O)c%10ccccc%10\C9=C(\C)C#N)nc8s7)sc65)c32)C(c2ccc(C)cc2)(c2ccc(C)cc2)c2c-4sc3cc(-c4nc5sc(/C=C6\C(=O)c7ccccc7C6=C(C#N)C#N)nc5s4)ccc23)CC1. The molecule has 0 amide bonds. The second kappa shape index (κ2) is 23.0. The fraction of sp³-hybridized carbons (Fsp3) is 0.105. The Hall–Kier alpha value is -10.6. The highest BCUT2D eigenvalue weighted by Gasteiger charge is 2.55. The lowest BCUT2D eigenvalue weighted by molar-refractivity contribution is 0.103. The Bertz CT molecular complexity index is 6630. The summed E-state index contributed by atoms with van der Waals surface area (Å²) in [5, 5.41) is 34.2. The maximum atomic E-state index is 13.9. The summed E-state index contributed by atoms with van der Waals surface area (Å²) >= 11 is 13.5. The highest BCUT2D eigenvalue weighted by atomic mass is 32.1. The van der Waals surface area contributed by atoms with Crippen LogP contribution in [0.3, 0.4) is 0 Å². The van der Waals surface area contributed by atoms with Crippen molar-refractivity contribution >= 4 is 174 Å². The first-order chi connectivity index (χ1) is 50.2. The van der Waals surface area contributed by atoms with E-state index in [0.29, 0.717) is 49.0 Å². The van der Waals surface area contributed by atoms with Crippen molar-refractivity contribution in [2.45, 2.75) is 58.3 Å². The van der Waals surface area contributed by atoms with Crippen LogP contribution in [0.15, 0.2) is 203 Å². The van der Waals surface area contributed by atoms with Gasteiger partial charge in [0.05, 0.1) is 35.9 Å². The van der Waals surface area contributed by atoms with E-state index >= 15 is 0 Å². The lowest BCUT2D eigenvalue weighted by atomic mass is 9.64. The second-order valence-corrected chi connectivity index (χ2v) is 35.1. The molecule has 0 bridgehead atoms. The summed E-state index contributed by atoms with van der Waals surface area (Å²) in [5.41, 5.74) is 22.1. The summed E-state index contributed by atoms with van der Waals surface area (Å²) in [7, 11) is 0. The first-order valence-electron chi connectivity index (χ1n) is 33.5. The number of carbonyl (C=O) groups is 2. The highest BCUT2D eigenvalue weighted by molar-refractivity contribution is 7.41. The molecule has 17 heteroatoms. The molecule has 7 aromatic carbocycles. The molecule has 1 unspecified atom stereocenters. The van der Waals surface area contributed by atoms with Gasteiger partial charge in [0, 0.05) is 69.3 Å². The number of nitriles is 3. The topological polar surface area (TPSA) is 157 Å². The van der Waals surface area contributed by atoms with E-state index in [1.807, 2.05) is 93.9 Å². The number of carbonyl (C=O) groups excluding carboxylic acids is 2. The largest absolute Gasteiger partial charge is 0.289 e. The average Bonchev–Trinajstić information content (AvgIpc) is 1.49. The number of allylic oxidation sites excluding steroid dienone is 10. The number of hydrogen-bond donors (Lipinski definition) is 0. The smallest absolute Gasteiger partial charge is 0.194 e. The van der Waals surface area contributed by atoms with Crippen LogP contribution in [-0.2, 0) is 10.8 Å². The molecule has 20 rings (SSSR count). The van der Waals surface area contributed by atoms with Gasteiger partial charge < -0.3 is 0 Å². The number of hydrogen-bond acceptors (Lipinski definition) is 17. The molecule has 0 fully saturated rings.